The molecule has 0 aliphatic carbocycles. The summed E-state index contributed by atoms with van der Waals surface area (Å²) in [7, 11) is -3.14. The predicted octanol–water partition coefficient (Wildman–Crippen LogP) is 0.848. The number of sulfonamides is 1. The normalized spacial score (nSPS) is 26.4. The van der Waals surface area contributed by atoms with Crippen LogP contribution in [0.25, 0.3) is 0 Å². The highest BCUT2D eigenvalue weighted by Crippen LogP contribution is 2.30. The molecule has 1 N–H and O–H groups in total. The summed E-state index contributed by atoms with van der Waals surface area (Å²) >= 11 is 0. The number of aryl methyl sites for hydroxylation is 1. The number of fused-ring (bicyclic) bond motifs is 4. The Morgan fingerprint density at radius 1 is 1.22 bits per heavy atom. The highest BCUT2D eigenvalue weighted by molar-refractivity contribution is 7.88. The Balaban J connectivity index is 1.83. The first kappa shape index (κ1) is 16.7. The van der Waals surface area contributed by atoms with E-state index in [1.807, 2.05) is 13.8 Å². The van der Waals surface area contributed by atoms with Crippen molar-refractivity contribution in [1.29, 1.82) is 0 Å². The lowest BCUT2D eigenvalue weighted by Gasteiger charge is -2.36. The number of pyridine rings is 1. The number of hydrogen-bond acceptors (Lipinski definition) is 4. The lowest BCUT2D eigenvalue weighted by molar-refractivity contribution is 0.123. The third-order valence-electron chi connectivity index (χ3n) is 5.24. The van der Waals surface area contributed by atoms with Crippen molar-refractivity contribution in [2.75, 3.05) is 25.9 Å². The molecule has 3 aliphatic heterocycles. The van der Waals surface area contributed by atoms with Crippen LogP contribution in [0.15, 0.2) is 11.0 Å². The summed E-state index contributed by atoms with van der Waals surface area (Å²) in [6.07, 6.45) is 5.16. The van der Waals surface area contributed by atoms with E-state index in [2.05, 4.69) is 9.88 Å². The molecule has 0 unspecified atom stereocenters. The van der Waals surface area contributed by atoms with Gasteiger partial charge < -0.3 is 4.98 Å². The standard InChI is InChI=1S/C16H25N3O3S/c1-11-6-17-15(12(2)16(11)20)10-18-7-13-4-5-14(18)9-19(8-13)23(3,21)22/h6,13-14H,4-5,7-10H2,1-3H3,(H,17,20)/t13-,14-/m1/s1. The predicted molar refractivity (Wildman–Crippen MR) is 89.9 cm³/mol. The summed E-state index contributed by atoms with van der Waals surface area (Å²) < 4.78 is 25.5. The van der Waals surface area contributed by atoms with Gasteiger partial charge in [0.2, 0.25) is 10.0 Å². The van der Waals surface area contributed by atoms with Crippen LogP contribution in [-0.4, -0.2) is 54.5 Å². The molecule has 23 heavy (non-hydrogen) atoms. The summed E-state index contributed by atoms with van der Waals surface area (Å²) in [5.74, 6) is 0.376. The quantitative estimate of drug-likeness (QED) is 0.886. The lowest BCUT2D eigenvalue weighted by atomic mass is 9.94. The fraction of sp³-hybridized carbons (Fsp3) is 0.688. The van der Waals surface area contributed by atoms with E-state index in [1.54, 1.807) is 10.5 Å². The van der Waals surface area contributed by atoms with E-state index in [1.165, 1.54) is 6.26 Å². The summed E-state index contributed by atoms with van der Waals surface area (Å²) in [6.45, 7) is 6.43. The smallest absolute Gasteiger partial charge is 0.211 e. The molecule has 3 fully saturated rings. The zero-order valence-corrected chi connectivity index (χ0v) is 14.8. The number of hydrogen-bond donors (Lipinski definition) is 1. The molecule has 2 atom stereocenters. The monoisotopic (exact) mass is 339 g/mol. The molecule has 0 spiro atoms. The molecule has 4 heterocycles. The molecule has 2 bridgehead atoms. The molecule has 0 amide bonds. The van der Waals surface area contributed by atoms with Crippen molar-refractivity contribution in [2.24, 2.45) is 5.92 Å². The molecule has 1 aromatic heterocycles. The fourth-order valence-electron chi connectivity index (χ4n) is 3.77. The second-order valence-electron chi connectivity index (χ2n) is 7.01. The molecule has 3 saturated heterocycles. The third kappa shape index (κ3) is 3.36. The second kappa shape index (κ2) is 6.03. The number of nitrogens with one attached hydrogen (secondary N) is 1. The average Bonchev–Trinajstić information content (AvgIpc) is 2.79. The highest BCUT2D eigenvalue weighted by atomic mass is 32.2. The third-order valence-corrected chi connectivity index (χ3v) is 6.47. The topological polar surface area (TPSA) is 73.5 Å². The van der Waals surface area contributed by atoms with Crippen molar-refractivity contribution < 1.29 is 8.42 Å². The molecule has 0 aromatic carbocycles. The number of aromatic amines is 1. The molecule has 128 valence electrons. The van der Waals surface area contributed by atoms with Crippen molar-refractivity contribution in [3.8, 4) is 0 Å². The molecule has 0 radical (unpaired) electrons. The van der Waals surface area contributed by atoms with Gasteiger partial charge in [0, 0.05) is 55.2 Å². The van der Waals surface area contributed by atoms with Crippen LogP contribution in [0.4, 0.5) is 0 Å². The molecule has 0 saturated carbocycles. The van der Waals surface area contributed by atoms with Crippen LogP contribution >= 0.6 is 0 Å². The van der Waals surface area contributed by atoms with Gasteiger partial charge >= 0.3 is 0 Å². The Morgan fingerprint density at radius 2 is 1.96 bits per heavy atom. The fourth-order valence-corrected chi connectivity index (χ4v) is 4.69. The van der Waals surface area contributed by atoms with Gasteiger partial charge in [-0.2, -0.15) is 0 Å². The van der Waals surface area contributed by atoms with Gasteiger partial charge in [0.25, 0.3) is 0 Å². The zero-order chi connectivity index (χ0) is 16.8. The molecular weight excluding hydrogens is 314 g/mol. The Hall–Kier alpha value is -1.18. The first-order chi connectivity index (χ1) is 10.8. The molecular formula is C16H25N3O3S. The van der Waals surface area contributed by atoms with Crippen LogP contribution in [0, 0.1) is 19.8 Å². The van der Waals surface area contributed by atoms with Crippen molar-refractivity contribution in [3.05, 3.63) is 33.2 Å². The van der Waals surface area contributed by atoms with Crippen LogP contribution < -0.4 is 5.43 Å². The van der Waals surface area contributed by atoms with Crippen molar-refractivity contribution >= 4 is 10.0 Å². The highest BCUT2D eigenvalue weighted by Gasteiger charge is 2.37. The summed E-state index contributed by atoms with van der Waals surface area (Å²) in [6, 6.07) is 0.229. The van der Waals surface area contributed by atoms with Gasteiger partial charge in [-0.05, 0) is 32.6 Å². The Morgan fingerprint density at radius 3 is 2.65 bits per heavy atom. The molecule has 1 aromatic rings. The van der Waals surface area contributed by atoms with Crippen LogP contribution in [0.1, 0.15) is 29.7 Å². The molecule has 4 rings (SSSR count). The van der Waals surface area contributed by atoms with E-state index >= 15 is 0 Å². The van der Waals surface area contributed by atoms with Crippen LogP contribution in [0.2, 0.25) is 0 Å². The van der Waals surface area contributed by atoms with E-state index in [0.717, 1.165) is 36.2 Å². The largest absolute Gasteiger partial charge is 0.363 e. The van der Waals surface area contributed by atoms with Gasteiger partial charge in [-0.15, -0.1) is 0 Å². The van der Waals surface area contributed by atoms with Crippen LogP contribution in [-0.2, 0) is 16.6 Å². The van der Waals surface area contributed by atoms with Crippen molar-refractivity contribution in [1.82, 2.24) is 14.2 Å². The lowest BCUT2D eigenvalue weighted by Crippen LogP contribution is -2.44. The Bertz CT molecular complexity index is 756. The number of aromatic nitrogens is 1. The minimum atomic E-state index is -3.14. The van der Waals surface area contributed by atoms with E-state index < -0.39 is 10.0 Å². The number of rotatable bonds is 3. The van der Waals surface area contributed by atoms with Gasteiger partial charge in [0.05, 0.1) is 6.26 Å². The van der Waals surface area contributed by atoms with Crippen LogP contribution in [0.3, 0.4) is 0 Å². The minimum absolute atomic E-state index is 0.0940. The molecule has 3 aliphatic rings. The van der Waals surface area contributed by atoms with Crippen molar-refractivity contribution in [2.45, 2.75) is 39.3 Å². The average molecular weight is 339 g/mol. The maximum atomic E-state index is 12.1. The van der Waals surface area contributed by atoms with Crippen LogP contribution in [0.5, 0.6) is 0 Å². The molecule has 7 heteroatoms. The maximum Gasteiger partial charge on any atom is 0.211 e. The van der Waals surface area contributed by atoms with E-state index in [-0.39, 0.29) is 11.5 Å². The SMILES string of the molecule is Cc1c[nH]c(CN2C[C@H]3CC[C@@H]2CN(S(C)(=O)=O)C3)c(C)c1=O. The van der Waals surface area contributed by atoms with Gasteiger partial charge in [0.15, 0.2) is 5.43 Å². The summed E-state index contributed by atoms with van der Waals surface area (Å²) in [5, 5.41) is 0. The Kier molecular flexibility index (Phi) is 4.37. The Labute approximate surface area is 137 Å². The summed E-state index contributed by atoms with van der Waals surface area (Å²) in [5.41, 5.74) is 2.53. The zero-order valence-electron chi connectivity index (χ0n) is 14.0. The number of piperidine rings is 1. The van der Waals surface area contributed by atoms with E-state index in [0.29, 0.717) is 25.6 Å². The van der Waals surface area contributed by atoms with Gasteiger partial charge in [-0.1, -0.05) is 0 Å². The van der Waals surface area contributed by atoms with Gasteiger partial charge in [-0.25, -0.2) is 12.7 Å². The number of H-pyrrole nitrogens is 1. The second-order valence-corrected chi connectivity index (χ2v) is 8.99. The first-order valence-corrected chi connectivity index (χ1v) is 9.97. The number of nitrogens with zero attached hydrogens (tertiary/aromatic N) is 2. The minimum Gasteiger partial charge on any atom is -0.363 e. The summed E-state index contributed by atoms with van der Waals surface area (Å²) in [4.78, 5) is 17.7. The maximum absolute atomic E-state index is 12.1. The van der Waals surface area contributed by atoms with Gasteiger partial charge in [-0.3, -0.25) is 9.69 Å². The van der Waals surface area contributed by atoms with Gasteiger partial charge in [0.1, 0.15) is 0 Å². The molecule has 6 nitrogen and oxygen atoms in total. The van der Waals surface area contributed by atoms with E-state index in [9.17, 15) is 13.2 Å². The van der Waals surface area contributed by atoms with E-state index in [4.69, 9.17) is 0 Å². The van der Waals surface area contributed by atoms with Crippen molar-refractivity contribution in [3.63, 3.8) is 0 Å². The first-order valence-electron chi connectivity index (χ1n) is 8.12.